The minimum Gasteiger partial charge on any atom is -0.396 e. The van der Waals surface area contributed by atoms with Gasteiger partial charge in [-0.25, -0.2) is 4.98 Å². The van der Waals surface area contributed by atoms with Gasteiger partial charge in [0, 0.05) is 17.5 Å². The highest BCUT2D eigenvalue weighted by Crippen LogP contribution is 2.30. The fourth-order valence-corrected chi connectivity index (χ4v) is 3.13. The van der Waals surface area contributed by atoms with Crippen molar-refractivity contribution >= 4 is 33.3 Å². The van der Waals surface area contributed by atoms with Crippen LogP contribution in [0.15, 0.2) is 6.07 Å². The van der Waals surface area contributed by atoms with Gasteiger partial charge in [-0.15, -0.1) is 11.3 Å². The van der Waals surface area contributed by atoms with Crippen LogP contribution in [0.25, 0.3) is 10.2 Å². The van der Waals surface area contributed by atoms with Crippen molar-refractivity contribution in [1.82, 2.24) is 9.97 Å². The van der Waals surface area contributed by atoms with Crippen molar-refractivity contribution in [3.05, 3.63) is 10.9 Å². The molecule has 20 heavy (non-hydrogen) atoms. The smallest absolute Gasteiger partial charge is 0.223 e. The summed E-state index contributed by atoms with van der Waals surface area (Å²) in [5, 5.41) is 13.6. The van der Waals surface area contributed by atoms with E-state index in [2.05, 4.69) is 42.1 Å². The van der Waals surface area contributed by atoms with Gasteiger partial charge in [-0.2, -0.15) is 4.98 Å². The number of aliphatic hydroxyl groups is 1. The highest BCUT2D eigenvalue weighted by atomic mass is 32.1. The third-order valence-electron chi connectivity index (χ3n) is 3.38. The van der Waals surface area contributed by atoms with Gasteiger partial charge >= 0.3 is 0 Å². The van der Waals surface area contributed by atoms with Crippen molar-refractivity contribution < 1.29 is 5.11 Å². The lowest BCUT2D eigenvalue weighted by atomic mass is 10.0. The van der Waals surface area contributed by atoms with Crippen LogP contribution in [-0.4, -0.2) is 27.7 Å². The lowest BCUT2D eigenvalue weighted by molar-refractivity contribution is 0.267. The molecule has 0 aliphatic heterocycles. The summed E-state index contributed by atoms with van der Waals surface area (Å²) in [5.41, 5.74) is 5.80. The summed E-state index contributed by atoms with van der Waals surface area (Å²) < 4.78 is 0. The van der Waals surface area contributed by atoms with E-state index < -0.39 is 0 Å². The van der Waals surface area contributed by atoms with Crippen molar-refractivity contribution in [3.63, 3.8) is 0 Å². The fourth-order valence-electron chi connectivity index (χ4n) is 2.16. The summed E-state index contributed by atoms with van der Waals surface area (Å²) in [7, 11) is 0. The summed E-state index contributed by atoms with van der Waals surface area (Å²) in [6.45, 7) is 6.53. The molecule has 0 spiro atoms. The molecule has 6 heteroatoms. The van der Waals surface area contributed by atoms with E-state index in [0.29, 0.717) is 12.3 Å². The predicted molar refractivity (Wildman–Crippen MR) is 85.2 cm³/mol. The first-order chi connectivity index (χ1) is 9.55. The molecule has 0 radical (unpaired) electrons. The summed E-state index contributed by atoms with van der Waals surface area (Å²) in [4.78, 5) is 10.8. The average Bonchev–Trinajstić information content (AvgIpc) is 2.80. The van der Waals surface area contributed by atoms with Crippen molar-refractivity contribution in [2.45, 2.75) is 39.7 Å². The number of aryl methyl sites for hydroxylation is 1. The molecule has 2 rings (SSSR count). The number of nitrogens with zero attached hydrogens (tertiary/aromatic N) is 2. The summed E-state index contributed by atoms with van der Waals surface area (Å²) in [6, 6.07) is 2.29. The van der Waals surface area contributed by atoms with E-state index in [1.54, 1.807) is 11.3 Å². The minimum atomic E-state index is 0.156. The number of aliphatic hydroxyl groups excluding tert-OH is 1. The van der Waals surface area contributed by atoms with Crippen LogP contribution in [0.2, 0.25) is 0 Å². The zero-order valence-corrected chi connectivity index (χ0v) is 13.0. The summed E-state index contributed by atoms with van der Waals surface area (Å²) in [6.07, 6.45) is 1.67. The van der Waals surface area contributed by atoms with Crippen LogP contribution in [0, 0.1) is 5.92 Å². The molecule has 0 aliphatic carbocycles. The first-order valence-corrected chi connectivity index (χ1v) is 7.80. The van der Waals surface area contributed by atoms with Crippen molar-refractivity contribution in [2.24, 2.45) is 5.92 Å². The molecule has 1 atom stereocenters. The lowest BCUT2D eigenvalue weighted by Crippen LogP contribution is -2.27. The van der Waals surface area contributed by atoms with Crippen LogP contribution in [0.5, 0.6) is 0 Å². The van der Waals surface area contributed by atoms with Crippen LogP contribution < -0.4 is 11.1 Å². The van der Waals surface area contributed by atoms with Crippen LogP contribution >= 0.6 is 11.3 Å². The topological polar surface area (TPSA) is 84.1 Å². The van der Waals surface area contributed by atoms with E-state index in [1.807, 2.05) is 0 Å². The molecule has 0 saturated carbocycles. The number of hydrogen-bond acceptors (Lipinski definition) is 6. The van der Waals surface area contributed by atoms with Gasteiger partial charge in [0.2, 0.25) is 5.95 Å². The number of hydrogen-bond donors (Lipinski definition) is 3. The van der Waals surface area contributed by atoms with Crippen molar-refractivity contribution in [3.8, 4) is 0 Å². The molecule has 2 aromatic rings. The number of thiophene rings is 1. The number of fused-ring (bicyclic) bond motifs is 1. The first kappa shape index (κ1) is 15.0. The standard InChI is InChI=1S/C14H22N4OS/c1-4-9-7-10-12(16-11(5-6-19)8(2)3)17-14(15)18-13(10)20-9/h7-8,11,19H,4-6H2,1-3H3,(H3,15,16,17,18). The summed E-state index contributed by atoms with van der Waals surface area (Å²) in [5.74, 6) is 1.46. The Balaban J connectivity index is 2.39. The van der Waals surface area contributed by atoms with Crippen LogP contribution in [0.1, 0.15) is 32.1 Å². The molecule has 0 aliphatic rings. The Morgan fingerprint density at radius 2 is 2.15 bits per heavy atom. The Morgan fingerprint density at radius 3 is 2.75 bits per heavy atom. The third kappa shape index (κ3) is 3.19. The molecular formula is C14H22N4OS. The highest BCUT2D eigenvalue weighted by molar-refractivity contribution is 7.18. The maximum Gasteiger partial charge on any atom is 0.223 e. The second-order valence-electron chi connectivity index (χ2n) is 5.22. The Bertz CT molecular complexity index is 582. The Hall–Kier alpha value is -1.40. The molecule has 5 nitrogen and oxygen atoms in total. The van der Waals surface area contributed by atoms with Gasteiger partial charge < -0.3 is 16.2 Å². The van der Waals surface area contributed by atoms with Gasteiger partial charge in [-0.05, 0) is 24.8 Å². The van der Waals surface area contributed by atoms with Crippen LogP contribution in [0.4, 0.5) is 11.8 Å². The molecule has 2 heterocycles. The third-order valence-corrected chi connectivity index (χ3v) is 4.55. The van der Waals surface area contributed by atoms with Crippen LogP contribution in [0.3, 0.4) is 0 Å². The number of anilines is 2. The molecular weight excluding hydrogens is 272 g/mol. The van der Waals surface area contributed by atoms with E-state index >= 15 is 0 Å². The fraction of sp³-hybridized carbons (Fsp3) is 0.571. The first-order valence-electron chi connectivity index (χ1n) is 6.98. The number of aromatic nitrogens is 2. The average molecular weight is 294 g/mol. The second kappa shape index (κ2) is 6.37. The second-order valence-corrected chi connectivity index (χ2v) is 6.34. The maximum absolute atomic E-state index is 9.18. The quantitative estimate of drug-likeness (QED) is 0.763. The highest BCUT2D eigenvalue weighted by Gasteiger charge is 2.17. The molecule has 0 fully saturated rings. The van der Waals surface area contributed by atoms with Gasteiger partial charge in [0.25, 0.3) is 0 Å². The Morgan fingerprint density at radius 1 is 1.40 bits per heavy atom. The minimum absolute atomic E-state index is 0.156. The van der Waals surface area contributed by atoms with Crippen LogP contribution in [-0.2, 0) is 6.42 Å². The monoisotopic (exact) mass is 294 g/mol. The SMILES string of the molecule is CCc1cc2c(NC(CCO)C(C)C)nc(N)nc2s1. The van der Waals surface area contributed by atoms with Gasteiger partial charge in [0.1, 0.15) is 10.6 Å². The normalized spacial score (nSPS) is 13.1. The molecule has 1 unspecified atom stereocenters. The Kier molecular flexibility index (Phi) is 4.77. The molecule has 0 aromatic carbocycles. The molecule has 2 aromatic heterocycles. The molecule has 0 bridgehead atoms. The zero-order chi connectivity index (χ0) is 14.7. The number of rotatable bonds is 6. The number of nitrogens with two attached hydrogens (primary N) is 1. The Labute approximate surface area is 123 Å². The van der Waals surface area contributed by atoms with E-state index in [-0.39, 0.29) is 18.6 Å². The van der Waals surface area contributed by atoms with Crippen molar-refractivity contribution in [1.29, 1.82) is 0 Å². The van der Waals surface area contributed by atoms with Gasteiger partial charge in [0.15, 0.2) is 0 Å². The van der Waals surface area contributed by atoms with Crippen molar-refractivity contribution in [2.75, 3.05) is 17.7 Å². The number of nitrogens with one attached hydrogen (secondary N) is 1. The molecule has 0 amide bonds. The van der Waals surface area contributed by atoms with E-state index in [0.717, 1.165) is 22.5 Å². The molecule has 110 valence electrons. The largest absolute Gasteiger partial charge is 0.396 e. The predicted octanol–water partition coefficient (Wildman–Crippen LogP) is 2.65. The lowest BCUT2D eigenvalue weighted by Gasteiger charge is -2.22. The maximum atomic E-state index is 9.18. The number of nitrogen functional groups attached to an aromatic ring is 1. The van der Waals surface area contributed by atoms with E-state index in [9.17, 15) is 5.11 Å². The van der Waals surface area contributed by atoms with Gasteiger partial charge in [0.05, 0.1) is 5.39 Å². The summed E-state index contributed by atoms with van der Waals surface area (Å²) >= 11 is 1.65. The van der Waals surface area contributed by atoms with E-state index in [4.69, 9.17) is 5.73 Å². The molecule has 0 saturated heterocycles. The zero-order valence-electron chi connectivity index (χ0n) is 12.2. The molecule has 4 N–H and O–H groups in total. The van der Waals surface area contributed by atoms with E-state index in [1.165, 1.54) is 4.88 Å². The van der Waals surface area contributed by atoms with Gasteiger partial charge in [-0.1, -0.05) is 20.8 Å². The van der Waals surface area contributed by atoms with Gasteiger partial charge in [-0.3, -0.25) is 0 Å².